The van der Waals surface area contributed by atoms with Gasteiger partial charge in [0.1, 0.15) is 12.1 Å². The van der Waals surface area contributed by atoms with Gasteiger partial charge < -0.3 is 20.6 Å². The SMILES string of the molecule is Cc1ccc(S(=O)(=O)N[C@@H](Cc2c[nH]c3ccccc23)C(=O)NCCCC(C)Cl)cc1.Cc1ccc(S(=O)(=O)N[C@@H](Cc2c[nH]c3ccccc23)C(=O)NCCc2ccc(Cl)cc2)cc1. The first-order valence-electron chi connectivity index (χ1n) is 21.3. The minimum Gasteiger partial charge on any atom is -0.361 e. The lowest BCUT2D eigenvalue weighted by atomic mass is 10.0. The fourth-order valence-corrected chi connectivity index (χ4v) is 9.86. The summed E-state index contributed by atoms with van der Waals surface area (Å²) in [5, 5.41) is 8.32. The van der Waals surface area contributed by atoms with Crippen LogP contribution in [-0.4, -0.2) is 69.2 Å². The Kier molecular flexibility index (Phi) is 17.0. The standard InChI is InChI=1S/C26H26ClN3O3S.C23H28ClN3O3S/c1-18-6-12-22(13-7-18)34(32,33)30-25(16-20-17-29-24-5-3-2-4-23(20)24)26(31)28-15-14-19-8-10-21(27)11-9-19;1-16-9-11-19(12-10-16)31(29,30)27-22(23(28)25-13-5-6-17(2)24)14-18-15-26-21-8-4-3-7-20(18)21/h2-13,17,25,29-30H,14-16H2,1H3,(H,28,31);3-4,7-12,15,17,22,26-27H,5-6,13-14H2,1-2H3,(H,25,28)/t25-;17?,22-/m00/s1. The number of alkyl halides is 1. The zero-order valence-corrected chi connectivity index (χ0v) is 39.6. The molecule has 0 spiro atoms. The van der Waals surface area contributed by atoms with Crippen LogP contribution >= 0.6 is 23.2 Å². The number of amides is 2. The summed E-state index contributed by atoms with van der Waals surface area (Å²) < 4.78 is 57.3. The number of hydrogen-bond acceptors (Lipinski definition) is 6. The third-order valence-electron chi connectivity index (χ3n) is 10.8. The Morgan fingerprint density at radius 3 is 1.48 bits per heavy atom. The highest BCUT2D eigenvalue weighted by atomic mass is 35.5. The molecule has 16 heteroatoms. The third kappa shape index (κ3) is 14.0. The molecule has 0 aliphatic heterocycles. The lowest BCUT2D eigenvalue weighted by Gasteiger charge is -2.19. The van der Waals surface area contributed by atoms with Crippen molar-refractivity contribution in [2.24, 2.45) is 0 Å². The van der Waals surface area contributed by atoms with E-state index in [1.807, 2.05) is 93.8 Å². The molecule has 1 unspecified atom stereocenters. The molecule has 0 saturated heterocycles. The number of aryl methyl sites for hydroxylation is 2. The molecular formula is C49H54Cl2N6O6S2. The van der Waals surface area contributed by atoms with E-state index in [4.69, 9.17) is 23.2 Å². The van der Waals surface area contributed by atoms with Gasteiger partial charge in [0.15, 0.2) is 0 Å². The molecule has 2 heterocycles. The number of sulfonamides is 2. The Balaban J connectivity index is 0.000000216. The maximum Gasteiger partial charge on any atom is 0.241 e. The first kappa shape index (κ1) is 49.0. The van der Waals surface area contributed by atoms with E-state index in [2.05, 4.69) is 30.0 Å². The molecule has 6 N–H and O–H groups in total. The zero-order chi connectivity index (χ0) is 46.6. The van der Waals surface area contributed by atoms with E-state index in [-0.39, 0.29) is 39.8 Å². The smallest absolute Gasteiger partial charge is 0.241 e. The minimum atomic E-state index is -3.90. The number of rotatable bonds is 19. The van der Waals surface area contributed by atoms with Gasteiger partial charge in [-0.1, -0.05) is 95.5 Å². The Morgan fingerprint density at radius 2 is 1.03 bits per heavy atom. The second-order valence-corrected chi connectivity index (χ2v) is 20.6. The van der Waals surface area contributed by atoms with Gasteiger partial charge in [-0.25, -0.2) is 16.8 Å². The van der Waals surface area contributed by atoms with Gasteiger partial charge >= 0.3 is 0 Å². The van der Waals surface area contributed by atoms with E-state index in [1.54, 1.807) is 60.7 Å². The second kappa shape index (κ2) is 22.6. The van der Waals surface area contributed by atoms with E-state index in [0.29, 0.717) is 24.5 Å². The van der Waals surface area contributed by atoms with Crippen molar-refractivity contribution >= 4 is 76.9 Å². The fourth-order valence-electron chi connectivity index (χ4n) is 7.18. The van der Waals surface area contributed by atoms with Crippen molar-refractivity contribution in [1.82, 2.24) is 30.0 Å². The van der Waals surface area contributed by atoms with Crippen molar-refractivity contribution < 1.29 is 26.4 Å². The molecule has 342 valence electrons. The Bertz CT molecular complexity index is 2900. The summed E-state index contributed by atoms with van der Waals surface area (Å²) >= 11 is 11.9. The van der Waals surface area contributed by atoms with E-state index in [9.17, 15) is 26.4 Å². The number of nitrogens with one attached hydrogen (secondary N) is 6. The molecule has 5 aromatic carbocycles. The van der Waals surface area contributed by atoms with E-state index in [1.165, 1.54) is 0 Å². The number of aromatic nitrogens is 2. The summed E-state index contributed by atoms with van der Waals surface area (Å²) in [6, 6.07) is 34.0. The van der Waals surface area contributed by atoms with Crippen molar-refractivity contribution in [3.63, 3.8) is 0 Å². The zero-order valence-electron chi connectivity index (χ0n) is 36.4. The van der Waals surface area contributed by atoms with Gasteiger partial charge in [-0.2, -0.15) is 9.44 Å². The Hall–Kier alpha value is -5.48. The van der Waals surface area contributed by atoms with E-state index >= 15 is 0 Å². The Labute approximate surface area is 391 Å². The van der Waals surface area contributed by atoms with Gasteiger partial charge in [0.25, 0.3) is 0 Å². The van der Waals surface area contributed by atoms with E-state index in [0.717, 1.165) is 62.5 Å². The van der Waals surface area contributed by atoms with Crippen LogP contribution in [0.2, 0.25) is 5.02 Å². The summed E-state index contributed by atoms with van der Waals surface area (Å²) in [5.74, 6) is -0.738. The van der Waals surface area contributed by atoms with Crippen LogP contribution in [0.1, 0.15) is 47.6 Å². The number of benzene rings is 5. The van der Waals surface area contributed by atoms with Crippen LogP contribution in [0, 0.1) is 13.8 Å². The van der Waals surface area contributed by atoms with Crippen LogP contribution in [0.25, 0.3) is 21.8 Å². The molecule has 0 aliphatic rings. The number of hydrogen-bond donors (Lipinski definition) is 6. The topological polar surface area (TPSA) is 182 Å². The predicted molar refractivity (Wildman–Crippen MR) is 260 cm³/mol. The molecule has 0 aliphatic carbocycles. The maximum atomic E-state index is 13.1. The molecule has 2 amide bonds. The number of H-pyrrole nitrogens is 2. The molecule has 2 aromatic heterocycles. The summed E-state index contributed by atoms with van der Waals surface area (Å²) in [6.07, 6.45) is 6.17. The highest BCUT2D eigenvalue weighted by molar-refractivity contribution is 7.89. The largest absolute Gasteiger partial charge is 0.361 e. The van der Waals surface area contributed by atoms with E-state index < -0.39 is 32.1 Å². The van der Waals surface area contributed by atoms with Gasteiger partial charge in [0.2, 0.25) is 31.9 Å². The highest BCUT2D eigenvalue weighted by Gasteiger charge is 2.28. The normalized spacial score (nSPS) is 13.1. The number of fused-ring (bicyclic) bond motifs is 2. The summed E-state index contributed by atoms with van der Waals surface area (Å²) in [5.41, 5.74) is 6.54. The first-order chi connectivity index (χ1) is 31.1. The lowest BCUT2D eigenvalue weighted by molar-refractivity contribution is -0.123. The quantitative estimate of drug-likeness (QED) is 0.0351. The van der Waals surface area contributed by atoms with Gasteiger partial charge in [-0.15, -0.1) is 11.6 Å². The molecule has 0 radical (unpaired) electrons. The molecular weight excluding hydrogens is 904 g/mol. The average Bonchev–Trinajstić information content (AvgIpc) is 3.89. The molecule has 0 fully saturated rings. The highest BCUT2D eigenvalue weighted by Crippen LogP contribution is 2.22. The minimum absolute atomic E-state index is 0.0268. The van der Waals surface area contributed by atoms with Crippen LogP contribution in [-0.2, 0) is 48.9 Å². The first-order valence-corrected chi connectivity index (χ1v) is 25.1. The van der Waals surface area contributed by atoms with Crippen molar-refractivity contribution in [3.05, 3.63) is 167 Å². The third-order valence-corrected chi connectivity index (χ3v) is 14.2. The maximum absolute atomic E-state index is 13.1. The molecule has 0 saturated carbocycles. The monoisotopic (exact) mass is 956 g/mol. The second-order valence-electron chi connectivity index (χ2n) is 16.0. The molecule has 7 rings (SSSR count). The molecule has 3 atom stereocenters. The number of halogens is 2. The van der Waals surface area contributed by atoms with Gasteiger partial charge in [0.05, 0.1) is 9.79 Å². The van der Waals surface area contributed by atoms with Crippen LogP contribution in [0.15, 0.2) is 144 Å². The van der Waals surface area contributed by atoms with Crippen LogP contribution in [0.3, 0.4) is 0 Å². The predicted octanol–water partition coefficient (Wildman–Crippen LogP) is 8.27. The summed E-state index contributed by atoms with van der Waals surface area (Å²) in [7, 11) is -7.76. The molecule has 0 bridgehead atoms. The van der Waals surface area contributed by atoms with Crippen LogP contribution in [0.4, 0.5) is 0 Å². The molecule has 65 heavy (non-hydrogen) atoms. The van der Waals surface area contributed by atoms with Crippen molar-refractivity contribution in [1.29, 1.82) is 0 Å². The molecule has 12 nitrogen and oxygen atoms in total. The number of carbonyl (C=O) groups is 2. The fraction of sp³-hybridized carbons (Fsp3) is 0.265. The average molecular weight is 958 g/mol. The lowest BCUT2D eigenvalue weighted by Crippen LogP contribution is -2.48. The van der Waals surface area contributed by atoms with Crippen molar-refractivity contribution in [3.8, 4) is 0 Å². The van der Waals surface area contributed by atoms with Crippen molar-refractivity contribution in [2.75, 3.05) is 13.1 Å². The van der Waals surface area contributed by atoms with Crippen LogP contribution < -0.4 is 20.1 Å². The van der Waals surface area contributed by atoms with Crippen LogP contribution in [0.5, 0.6) is 0 Å². The number of aromatic amines is 2. The Morgan fingerprint density at radius 1 is 0.600 bits per heavy atom. The number of carbonyl (C=O) groups excluding carboxylic acids is 2. The number of para-hydroxylation sites is 2. The summed E-state index contributed by atoms with van der Waals surface area (Å²) in [4.78, 5) is 32.7. The molecule has 7 aromatic rings. The van der Waals surface area contributed by atoms with Gasteiger partial charge in [0, 0.05) is 57.7 Å². The van der Waals surface area contributed by atoms with Gasteiger partial charge in [-0.3, -0.25) is 9.59 Å². The van der Waals surface area contributed by atoms with Gasteiger partial charge in [-0.05, 0) is 118 Å². The van der Waals surface area contributed by atoms with Crippen molar-refractivity contribution in [2.45, 2.75) is 80.1 Å². The summed E-state index contributed by atoms with van der Waals surface area (Å²) in [6.45, 7) is 6.49.